The maximum Gasteiger partial charge on any atom is 0.225 e. The number of sulfone groups is 1. The standard InChI is InChI=1S/C10H21NO3S/c1-5-15(13,14)8-6-7-11-9(12)10(2,3)4/h5-8H2,1-4H3,(H,11,12). The van der Waals surface area contributed by atoms with E-state index in [1.165, 1.54) is 0 Å². The summed E-state index contributed by atoms with van der Waals surface area (Å²) in [4.78, 5) is 11.4. The molecule has 0 aliphatic heterocycles. The van der Waals surface area contributed by atoms with Gasteiger partial charge in [-0.1, -0.05) is 27.7 Å². The van der Waals surface area contributed by atoms with E-state index in [0.29, 0.717) is 13.0 Å². The second kappa shape index (κ2) is 5.49. The Bertz CT molecular complexity index is 301. The van der Waals surface area contributed by atoms with Crippen molar-refractivity contribution in [3.8, 4) is 0 Å². The maximum absolute atomic E-state index is 11.4. The quantitative estimate of drug-likeness (QED) is 0.722. The highest BCUT2D eigenvalue weighted by molar-refractivity contribution is 7.91. The Morgan fingerprint density at radius 2 is 1.80 bits per heavy atom. The minimum Gasteiger partial charge on any atom is -0.356 e. The molecule has 0 rings (SSSR count). The van der Waals surface area contributed by atoms with Gasteiger partial charge in [-0.25, -0.2) is 8.42 Å². The molecule has 4 nitrogen and oxygen atoms in total. The van der Waals surface area contributed by atoms with Crippen LogP contribution in [-0.2, 0) is 14.6 Å². The van der Waals surface area contributed by atoms with E-state index in [2.05, 4.69) is 5.32 Å². The number of rotatable bonds is 5. The molecule has 90 valence electrons. The molecule has 1 N–H and O–H groups in total. The van der Waals surface area contributed by atoms with Crippen molar-refractivity contribution < 1.29 is 13.2 Å². The van der Waals surface area contributed by atoms with Gasteiger partial charge in [0.05, 0.1) is 5.75 Å². The second-order valence-corrected chi connectivity index (χ2v) is 7.07. The summed E-state index contributed by atoms with van der Waals surface area (Å²) in [6, 6.07) is 0. The minimum absolute atomic E-state index is 0.0450. The van der Waals surface area contributed by atoms with Crippen molar-refractivity contribution in [1.29, 1.82) is 0 Å². The number of hydrogen-bond acceptors (Lipinski definition) is 3. The monoisotopic (exact) mass is 235 g/mol. The van der Waals surface area contributed by atoms with Crippen LogP contribution in [0.25, 0.3) is 0 Å². The van der Waals surface area contributed by atoms with Crippen LogP contribution in [0.1, 0.15) is 34.1 Å². The van der Waals surface area contributed by atoms with E-state index in [0.717, 1.165) is 0 Å². The predicted octanol–water partition coefficient (Wildman–Crippen LogP) is 0.973. The van der Waals surface area contributed by atoms with Crippen molar-refractivity contribution in [2.24, 2.45) is 5.41 Å². The molecular formula is C10H21NO3S. The highest BCUT2D eigenvalue weighted by Gasteiger charge is 2.20. The van der Waals surface area contributed by atoms with Gasteiger partial charge in [-0.15, -0.1) is 0 Å². The Morgan fingerprint density at radius 3 is 2.20 bits per heavy atom. The van der Waals surface area contributed by atoms with Gasteiger partial charge in [0.2, 0.25) is 5.91 Å². The highest BCUT2D eigenvalue weighted by atomic mass is 32.2. The van der Waals surface area contributed by atoms with Crippen LogP contribution in [0.3, 0.4) is 0 Å². The van der Waals surface area contributed by atoms with E-state index in [1.54, 1.807) is 6.92 Å². The van der Waals surface area contributed by atoms with Crippen LogP contribution in [0, 0.1) is 5.41 Å². The molecule has 0 heterocycles. The predicted molar refractivity (Wildman–Crippen MR) is 61.4 cm³/mol. The molecule has 0 aromatic carbocycles. The first-order valence-corrected chi connectivity index (χ1v) is 7.00. The molecule has 0 unspecified atom stereocenters. The molecule has 0 spiro atoms. The smallest absolute Gasteiger partial charge is 0.225 e. The van der Waals surface area contributed by atoms with E-state index in [1.807, 2.05) is 20.8 Å². The van der Waals surface area contributed by atoms with Gasteiger partial charge in [-0.2, -0.15) is 0 Å². The molecule has 0 radical (unpaired) electrons. The SMILES string of the molecule is CCS(=O)(=O)CCCNC(=O)C(C)(C)C. The Hall–Kier alpha value is -0.580. The minimum atomic E-state index is -2.90. The lowest BCUT2D eigenvalue weighted by molar-refractivity contribution is -0.128. The van der Waals surface area contributed by atoms with Crippen LogP contribution in [0.4, 0.5) is 0 Å². The third kappa shape index (κ3) is 6.49. The summed E-state index contributed by atoms with van der Waals surface area (Å²) < 4.78 is 22.3. The lowest BCUT2D eigenvalue weighted by Gasteiger charge is -2.17. The average molecular weight is 235 g/mol. The number of hydrogen-bond donors (Lipinski definition) is 1. The van der Waals surface area contributed by atoms with Crippen molar-refractivity contribution in [2.75, 3.05) is 18.1 Å². The summed E-state index contributed by atoms with van der Waals surface area (Å²) in [5.74, 6) is 0.269. The molecule has 0 aromatic heterocycles. The fraction of sp³-hybridized carbons (Fsp3) is 0.900. The summed E-state index contributed by atoms with van der Waals surface area (Å²) in [6.45, 7) is 7.53. The Balaban J connectivity index is 3.79. The zero-order valence-corrected chi connectivity index (χ0v) is 10.8. The van der Waals surface area contributed by atoms with Crippen LogP contribution in [0.5, 0.6) is 0 Å². The molecule has 0 bridgehead atoms. The Labute approximate surface area is 92.4 Å². The van der Waals surface area contributed by atoms with E-state index in [9.17, 15) is 13.2 Å². The van der Waals surface area contributed by atoms with Crippen LogP contribution < -0.4 is 5.32 Å². The zero-order valence-electron chi connectivity index (χ0n) is 9.96. The maximum atomic E-state index is 11.4. The number of amides is 1. The number of carbonyl (C=O) groups excluding carboxylic acids is 1. The van der Waals surface area contributed by atoms with Crippen molar-refractivity contribution >= 4 is 15.7 Å². The van der Waals surface area contributed by atoms with E-state index < -0.39 is 15.3 Å². The Morgan fingerprint density at radius 1 is 1.27 bits per heavy atom. The molecule has 0 fully saturated rings. The topological polar surface area (TPSA) is 63.2 Å². The summed E-state index contributed by atoms with van der Waals surface area (Å²) >= 11 is 0. The molecule has 0 saturated heterocycles. The van der Waals surface area contributed by atoms with E-state index >= 15 is 0 Å². The van der Waals surface area contributed by atoms with Crippen molar-refractivity contribution in [3.05, 3.63) is 0 Å². The fourth-order valence-electron chi connectivity index (χ4n) is 0.904. The summed E-state index contributed by atoms with van der Waals surface area (Å²) in [5, 5.41) is 2.72. The molecule has 0 aromatic rings. The van der Waals surface area contributed by atoms with Gasteiger partial charge in [0.15, 0.2) is 0 Å². The first-order chi connectivity index (χ1) is 6.69. The molecule has 0 aliphatic rings. The van der Waals surface area contributed by atoms with Crippen LogP contribution in [-0.4, -0.2) is 32.4 Å². The molecule has 1 amide bonds. The first kappa shape index (κ1) is 14.4. The van der Waals surface area contributed by atoms with Crippen molar-refractivity contribution in [2.45, 2.75) is 34.1 Å². The number of nitrogens with one attached hydrogen (secondary N) is 1. The molecule has 0 saturated carbocycles. The van der Waals surface area contributed by atoms with Gasteiger partial charge in [0.1, 0.15) is 9.84 Å². The Kier molecular flexibility index (Phi) is 5.28. The van der Waals surface area contributed by atoms with Gasteiger partial charge in [0, 0.05) is 17.7 Å². The molecule has 15 heavy (non-hydrogen) atoms. The van der Waals surface area contributed by atoms with Crippen molar-refractivity contribution in [1.82, 2.24) is 5.32 Å². The average Bonchev–Trinajstić information content (AvgIpc) is 2.10. The second-order valence-electron chi connectivity index (χ2n) is 4.60. The van der Waals surface area contributed by atoms with Gasteiger partial charge in [-0.3, -0.25) is 4.79 Å². The summed E-state index contributed by atoms with van der Waals surface area (Å²) in [5.41, 5.74) is -0.413. The lowest BCUT2D eigenvalue weighted by Crippen LogP contribution is -2.35. The molecule has 0 atom stereocenters. The van der Waals surface area contributed by atoms with Gasteiger partial charge in [0.25, 0.3) is 0 Å². The summed E-state index contributed by atoms with van der Waals surface area (Å²) in [7, 11) is -2.90. The third-order valence-corrected chi connectivity index (χ3v) is 3.83. The number of carbonyl (C=O) groups is 1. The van der Waals surface area contributed by atoms with Gasteiger partial charge in [-0.05, 0) is 6.42 Å². The van der Waals surface area contributed by atoms with Gasteiger partial charge >= 0.3 is 0 Å². The van der Waals surface area contributed by atoms with Gasteiger partial charge < -0.3 is 5.32 Å². The third-order valence-electron chi connectivity index (χ3n) is 2.04. The molecule has 5 heteroatoms. The van der Waals surface area contributed by atoms with E-state index in [4.69, 9.17) is 0 Å². The van der Waals surface area contributed by atoms with E-state index in [-0.39, 0.29) is 17.4 Å². The largest absolute Gasteiger partial charge is 0.356 e. The summed E-state index contributed by atoms with van der Waals surface area (Å²) in [6.07, 6.45) is 0.484. The highest BCUT2D eigenvalue weighted by Crippen LogP contribution is 2.12. The fourth-order valence-corrected chi connectivity index (χ4v) is 1.78. The van der Waals surface area contributed by atoms with Crippen LogP contribution >= 0.6 is 0 Å². The van der Waals surface area contributed by atoms with Crippen LogP contribution in [0.2, 0.25) is 0 Å². The van der Waals surface area contributed by atoms with Crippen LogP contribution in [0.15, 0.2) is 0 Å². The molecular weight excluding hydrogens is 214 g/mol. The van der Waals surface area contributed by atoms with Crippen molar-refractivity contribution in [3.63, 3.8) is 0 Å². The lowest BCUT2D eigenvalue weighted by atomic mass is 9.96. The molecule has 0 aliphatic carbocycles. The first-order valence-electron chi connectivity index (χ1n) is 5.18. The normalized spacial score (nSPS) is 12.5. The zero-order chi connectivity index (χ0) is 12.1.